The maximum atomic E-state index is 13.1. The van der Waals surface area contributed by atoms with Gasteiger partial charge in [-0.15, -0.1) is 0 Å². The summed E-state index contributed by atoms with van der Waals surface area (Å²) in [6.45, 7) is 6.79. The Morgan fingerprint density at radius 1 is 0.274 bits per heavy atom. The normalized spacial score (nSPS) is 11.6. The molecule has 10 rings (SSSR count). The zero-order valence-corrected chi connectivity index (χ0v) is 70.3. The van der Waals surface area contributed by atoms with E-state index in [9.17, 15) is 98.4 Å². The molecule has 0 heterocycles. The lowest BCUT2D eigenvalue weighted by molar-refractivity contribution is -0.155. The van der Waals surface area contributed by atoms with E-state index in [1.807, 2.05) is 68.4 Å². The molecule has 124 heavy (non-hydrogen) atoms. The Hall–Kier alpha value is -13.8. The van der Waals surface area contributed by atoms with Crippen LogP contribution in [0.1, 0.15) is 129 Å². The molecule has 0 aliphatic carbocycles. The number of Topliss-reactive ketones (excluding diaryl/α,β-unsaturated/α-hetero) is 8. The molecule has 0 saturated carbocycles. The Labute approximate surface area is 720 Å². The first-order chi connectivity index (χ1) is 59.4. The van der Waals surface area contributed by atoms with E-state index in [1.165, 1.54) is 37.4 Å². The zero-order valence-electron chi connectivity index (χ0n) is 70.3. The number of anilines is 2. The summed E-state index contributed by atoms with van der Waals surface area (Å²) in [4.78, 5) is 153. The molecule has 0 aromatic heterocycles. The Morgan fingerprint density at radius 3 is 0.750 bits per heavy atom. The smallest absolute Gasteiger partial charge is 0.323 e. The number of aliphatic hydroxyl groups is 2. The molecular formula is C100H106N2O22. The van der Waals surface area contributed by atoms with E-state index in [1.54, 1.807) is 159 Å². The number of hydrogen-bond acceptors (Lipinski definition) is 22. The van der Waals surface area contributed by atoms with Crippen molar-refractivity contribution in [1.82, 2.24) is 0 Å². The predicted molar refractivity (Wildman–Crippen MR) is 467 cm³/mol. The largest absolute Gasteiger partial charge is 0.508 e. The molecule has 2 amide bonds. The maximum absolute atomic E-state index is 13.1. The van der Waals surface area contributed by atoms with Crippen LogP contribution in [-0.2, 0) is 132 Å². The van der Waals surface area contributed by atoms with Crippen LogP contribution in [0, 0.1) is 51.4 Å². The van der Waals surface area contributed by atoms with Crippen molar-refractivity contribution < 1.29 is 108 Å². The van der Waals surface area contributed by atoms with Crippen LogP contribution >= 0.6 is 0 Å². The summed E-state index contributed by atoms with van der Waals surface area (Å²) < 4.78 is 9.34. The molecule has 4 unspecified atom stereocenters. The molecule has 0 aliphatic rings. The van der Waals surface area contributed by atoms with Gasteiger partial charge in [0, 0.05) is 73.9 Å². The second kappa shape index (κ2) is 49.8. The fourth-order valence-corrected chi connectivity index (χ4v) is 13.3. The molecule has 648 valence electrons. The van der Waals surface area contributed by atoms with Gasteiger partial charge in [0.25, 0.3) is 0 Å². The minimum atomic E-state index is -1.48. The molecule has 24 nitrogen and oxygen atoms in total. The molecule has 4 atom stereocenters. The third kappa shape index (κ3) is 31.6. The number of phenols is 6. The first kappa shape index (κ1) is 97.3. The number of aromatic hydroxyl groups is 6. The standard InChI is InChI=1S/C28H29NO6.C27H27NO4.C23H26O7.C22H24O5/c1-18-15-19(7-11-23(18)31)9-13-25(33)27(28(35)29-22-5-3-2-4-6-22)26(34)14-10-20-8-12-24(32)21(16-20)17-30;1-19-7-9-20(10-8-19)13-17-24(30)26(27(32)28-22-5-3-2-4-6-22)25(31)18-14-21-11-15-23(29)16-12-21;1-14-11-15(3-7-18(14)25)5-9-20(27)22(23(29)30-2)21(28)10-6-16-4-8-19(26)17(12-16)13-24;1-15-3-5-16(6-4-15)9-13-19(24)21(22(26)27-2)20(25)14-10-17-7-11-18(23)12-8-17/h2-8,11-12,15-16,27,30-32H,9-10,13-14,17H2,1H3,(H,29,35);2-12,15-16,26,29H,13-14,17-18H2,1H3,(H,28,32);3-4,7-8,11-12,22,24-26H,5-6,9-10,13H2,1-2H3;3-8,11-12,21,23H,9-10,13-14H2,1-2H3. The summed E-state index contributed by atoms with van der Waals surface area (Å²) in [5.74, 6) is -11.8. The monoisotopic (exact) mass is 1690 g/mol. The van der Waals surface area contributed by atoms with Crippen molar-refractivity contribution >= 4 is 81.4 Å². The number of ketones is 8. The van der Waals surface area contributed by atoms with Crippen molar-refractivity contribution in [1.29, 1.82) is 0 Å². The second-order valence-electron chi connectivity index (χ2n) is 30.0. The van der Waals surface area contributed by atoms with Crippen LogP contribution in [0.5, 0.6) is 34.5 Å². The van der Waals surface area contributed by atoms with E-state index in [4.69, 9.17) is 0 Å². The number of aryl methyl sites for hydroxylation is 12. The van der Waals surface area contributed by atoms with Crippen LogP contribution in [0.4, 0.5) is 11.4 Å². The summed E-state index contributed by atoms with van der Waals surface area (Å²) >= 11 is 0. The number of amides is 2. The van der Waals surface area contributed by atoms with E-state index in [2.05, 4.69) is 20.1 Å². The van der Waals surface area contributed by atoms with Crippen molar-refractivity contribution in [3.8, 4) is 34.5 Å². The Morgan fingerprint density at radius 2 is 0.500 bits per heavy atom. The Kier molecular flexibility index (Phi) is 39.1. The predicted octanol–water partition coefficient (Wildman–Crippen LogP) is 14.1. The third-order valence-corrected chi connectivity index (χ3v) is 20.6. The summed E-state index contributed by atoms with van der Waals surface area (Å²) in [6.07, 6.45) is 3.11. The van der Waals surface area contributed by atoms with Gasteiger partial charge in [0.2, 0.25) is 11.8 Å². The van der Waals surface area contributed by atoms with Crippen molar-refractivity contribution in [2.24, 2.45) is 23.7 Å². The molecule has 0 bridgehead atoms. The van der Waals surface area contributed by atoms with E-state index < -0.39 is 87.9 Å². The first-order valence-electron chi connectivity index (χ1n) is 40.5. The van der Waals surface area contributed by atoms with Crippen LogP contribution in [0.3, 0.4) is 0 Å². The highest BCUT2D eigenvalue weighted by atomic mass is 16.5. The molecule has 10 aromatic rings. The molecule has 10 N–H and O–H groups in total. The van der Waals surface area contributed by atoms with E-state index in [-0.39, 0.29) is 118 Å². The van der Waals surface area contributed by atoms with Gasteiger partial charge in [-0.3, -0.25) is 57.5 Å². The molecule has 0 spiro atoms. The van der Waals surface area contributed by atoms with Gasteiger partial charge in [0.05, 0.1) is 27.4 Å². The highest BCUT2D eigenvalue weighted by Gasteiger charge is 2.37. The fourth-order valence-electron chi connectivity index (χ4n) is 13.3. The third-order valence-electron chi connectivity index (χ3n) is 20.6. The number of rotatable bonds is 40. The van der Waals surface area contributed by atoms with Gasteiger partial charge in [-0.05, 0) is 220 Å². The van der Waals surface area contributed by atoms with Gasteiger partial charge in [-0.2, -0.15) is 0 Å². The number of para-hydroxylation sites is 2. The minimum absolute atomic E-state index is 0.00327. The van der Waals surface area contributed by atoms with Crippen LogP contribution in [0.15, 0.2) is 231 Å². The highest BCUT2D eigenvalue weighted by molar-refractivity contribution is 6.23. The SMILES string of the molecule is COC(=O)C(C(=O)CCc1ccc(C)cc1)C(=O)CCc1ccc(O)cc1.COC(=O)C(C(=O)CCc1ccc(O)c(C)c1)C(=O)CCc1ccc(O)c(CO)c1.Cc1cc(CCC(=O)C(C(=O)CCc2ccc(O)c(CO)c2)C(=O)Nc2ccccc2)ccc1O.Cc1ccc(CCC(=O)C(C(=O)CCc2ccc(O)cc2)C(=O)Nc2ccccc2)cc1. The fraction of sp³-hybridized carbons (Fsp3) is 0.280. The molecule has 10 aromatic carbocycles. The summed E-state index contributed by atoms with van der Waals surface area (Å²) in [5.41, 5.74) is 12.0. The Bertz CT molecular complexity index is 5180. The van der Waals surface area contributed by atoms with Crippen molar-refractivity contribution in [3.63, 3.8) is 0 Å². The molecular weight excluding hydrogens is 1580 g/mol. The van der Waals surface area contributed by atoms with Crippen LogP contribution in [-0.4, -0.2) is 125 Å². The van der Waals surface area contributed by atoms with E-state index in [0.717, 1.165) is 51.6 Å². The number of ether oxygens (including phenoxy) is 2. The number of carbonyl (C=O) groups excluding carboxylic acids is 12. The first-order valence-corrected chi connectivity index (χ1v) is 40.5. The molecule has 0 fully saturated rings. The molecule has 0 radical (unpaired) electrons. The molecule has 0 saturated heterocycles. The topological polar surface area (TPSA) is 409 Å². The lowest BCUT2D eigenvalue weighted by Crippen LogP contribution is -2.36. The molecule has 0 aliphatic heterocycles. The van der Waals surface area contributed by atoms with Crippen LogP contribution in [0.2, 0.25) is 0 Å². The van der Waals surface area contributed by atoms with Gasteiger partial charge in [0.1, 0.15) is 34.5 Å². The number of hydrogen-bond donors (Lipinski definition) is 10. The number of esters is 2. The number of nitrogens with one attached hydrogen (secondary N) is 2. The van der Waals surface area contributed by atoms with Crippen molar-refractivity contribution in [3.05, 3.63) is 308 Å². The number of carbonyl (C=O) groups is 12. The average Bonchev–Trinajstić information content (AvgIpc) is 0.838. The van der Waals surface area contributed by atoms with Crippen LogP contribution < -0.4 is 10.6 Å². The zero-order chi connectivity index (χ0) is 90.4. The average molecular weight is 1690 g/mol. The van der Waals surface area contributed by atoms with Crippen molar-refractivity contribution in [2.75, 3.05) is 24.9 Å². The summed E-state index contributed by atoms with van der Waals surface area (Å²) in [5, 5.41) is 81.3. The van der Waals surface area contributed by atoms with Gasteiger partial charge in [-0.25, -0.2) is 0 Å². The van der Waals surface area contributed by atoms with Crippen LogP contribution in [0.25, 0.3) is 0 Å². The number of phenolic OH excluding ortho intramolecular Hbond substituents is 4. The number of methoxy groups -OCH3 is 2. The van der Waals surface area contributed by atoms with Crippen molar-refractivity contribution in [2.45, 2.75) is 144 Å². The van der Waals surface area contributed by atoms with E-state index >= 15 is 0 Å². The summed E-state index contributed by atoms with van der Waals surface area (Å²) in [6, 6.07) is 65.4. The number of aliphatic hydroxyl groups excluding tert-OH is 2. The highest BCUT2D eigenvalue weighted by Crippen LogP contribution is 2.27. The lowest BCUT2D eigenvalue weighted by Gasteiger charge is -2.16. The molecule has 24 heteroatoms. The van der Waals surface area contributed by atoms with Gasteiger partial charge in [0.15, 0.2) is 69.9 Å². The second-order valence-corrected chi connectivity index (χ2v) is 30.0. The lowest BCUT2D eigenvalue weighted by atomic mass is 9.90. The summed E-state index contributed by atoms with van der Waals surface area (Å²) in [7, 11) is 2.31. The van der Waals surface area contributed by atoms with Gasteiger partial charge in [-0.1, -0.05) is 157 Å². The van der Waals surface area contributed by atoms with E-state index in [0.29, 0.717) is 83.3 Å². The van der Waals surface area contributed by atoms with Gasteiger partial charge < -0.3 is 61.0 Å². The number of benzene rings is 10. The maximum Gasteiger partial charge on any atom is 0.323 e. The van der Waals surface area contributed by atoms with Gasteiger partial charge >= 0.3 is 11.9 Å². The Balaban J connectivity index is 0.000000228. The minimum Gasteiger partial charge on any atom is -0.508 e. The quantitative estimate of drug-likeness (QED) is 0.0126.